The maximum atomic E-state index is 6.04. The first-order valence-corrected chi connectivity index (χ1v) is 10.1. The Kier molecular flexibility index (Phi) is 9.54. The number of hydrogen-bond acceptors (Lipinski definition) is 5. The molecule has 1 atom stereocenters. The van der Waals surface area contributed by atoms with Crippen molar-refractivity contribution in [3.63, 3.8) is 0 Å². The Morgan fingerprint density at radius 1 is 1.00 bits per heavy atom. The minimum Gasteiger partial charge on any atom is -0.493 e. The summed E-state index contributed by atoms with van der Waals surface area (Å²) in [7, 11) is 6.78. The van der Waals surface area contributed by atoms with E-state index in [1.807, 2.05) is 31.2 Å². The van der Waals surface area contributed by atoms with Gasteiger partial charge in [-0.15, -0.1) is 24.0 Å². The van der Waals surface area contributed by atoms with Crippen LogP contribution in [0.15, 0.2) is 41.4 Å². The number of methoxy groups -OCH3 is 3. The maximum Gasteiger partial charge on any atom is 0.194 e. The van der Waals surface area contributed by atoms with Gasteiger partial charge in [-0.1, -0.05) is 12.1 Å². The molecular weight excluding hydrogens is 509 g/mol. The van der Waals surface area contributed by atoms with Crippen molar-refractivity contribution in [3.05, 3.63) is 47.5 Å². The van der Waals surface area contributed by atoms with Gasteiger partial charge in [0.2, 0.25) is 0 Å². The van der Waals surface area contributed by atoms with E-state index in [1.165, 1.54) is 11.1 Å². The molecule has 0 aromatic heterocycles. The zero-order valence-corrected chi connectivity index (χ0v) is 21.1. The molecule has 8 heteroatoms. The van der Waals surface area contributed by atoms with Crippen molar-refractivity contribution in [3.8, 4) is 23.0 Å². The van der Waals surface area contributed by atoms with Gasteiger partial charge in [0.15, 0.2) is 29.0 Å². The first-order valence-electron chi connectivity index (χ1n) is 10.1. The average molecular weight is 541 g/mol. The molecule has 31 heavy (non-hydrogen) atoms. The van der Waals surface area contributed by atoms with Crippen molar-refractivity contribution in [2.24, 2.45) is 4.99 Å². The molecule has 1 heterocycles. The van der Waals surface area contributed by atoms with E-state index in [0.29, 0.717) is 6.54 Å². The zero-order valence-electron chi connectivity index (χ0n) is 18.8. The third-order valence-corrected chi connectivity index (χ3v) is 5.17. The van der Waals surface area contributed by atoms with E-state index in [9.17, 15) is 0 Å². The SMILES string of the molecule is CN=C(NCC(C)Oc1ccccc1OC)N1CCc2cc(OC)c(OC)cc2C1.I. The molecule has 2 aromatic carbocycles. The molecule has 170 valence electrons. The summed E-state index contributed by atoms with van der Waals surface area (Å²) in [5.41, 5.74) is 2.51. The molecule has 0 fully saturated rings. The molecule has 0 bridgehead atoms. The van der Waals surface area contributed by atoms with Gasteiger partial charge in [-0.3, -0.25) is 4.99 Å². The van der Waals surface area contributed by atoms with Crippen LogP contribution < -0.4 is 24.3 Å². The number of ether oxygens (including phenoxy) is 4. The lowest BCUT2D eigenvalue weighted by molar-refractivity contribution is 0.211. The molecule has 0 saturated carbocycles. The second-order valence-corrected chi connectivity index (χ2v) is 7.15. The molecule has 0 spiro atoms. The van der Waals surface area contributed by atoms with E-state index in [2.05, 4.69) is 27.3 Å². The summed E-state index contributed by atoms with van der Waals surface area (Å²) >= 11 is 0. The quantitative estimate of drug-likeness (QED) is 0.328. The van der Waals surface area contributed by atoms with Crippen LogP contribution in [0.2, 0.25) is 0 Å². The van der Waals surface area contributed by atoms with Crippen LogP contribution in [0.3, 0.4) is 0 Å². The van der Waals surface area contributed by atoms with Gasteiger partial charge < -0.3 is 29.2 Å². The fourth-order valence-electron chi connectivity index (χ4n) is 3.61. The summed E-state index contributed by atoms with van der Waals surface area (Å²) < 4.78 is 22.3. The van der Waals surface area contributed by atoms with Crippen LogP contribution in [0, 0.1) is 0 Å². The number of nitrogens with one attached hydrogen (secondary N) is 1. The number of benzene rings is 2. The van der Waals surface area contributed by atoms with Crippen LogP contribution in [0.25, 0.3) is 0 Å². The lowest BCUT2D eigenvalue weighted by atomic mass is 9.99. The summed E-state index contributed by atoms with van der Waals surface area (Å²) in [4.78, 5) is 6.71. The number of para-hydroxylation sites is 2. The van der Waals surface area contributed by atoms with Gasteiger partial charge in [-0.05, 0) is 48.7 Å². The molecule has 0 radical (unpaired) electrons. The summed E-state index contributed by atoms with van der Waals surface area (Å²) in [5, 5.41) is 3.43. The van der Waals surface area contributed by atoms with Crippen LogP contribution in [0.4, 0.5) is 0 Å². The van der Waals surface area contributed by atoms with Crippen molar-refractivity contribution in [1.82, 2.24) is 10.2 Å². The summed E-state index contributed by atoms with van der Waals surface area (Å²) in [6, 6.07) is 11.8. The minimum atomic E-state index is -0.0560. The van der Waals surface area contributed by atoms with Gasteiger partial charge >= 0.3 is 0 Å². The normalized spacial score (nSPS) is 14.1. The second-order valence-electron chi connectivity index (χ2n) is 7.15. The fraction of sp³-hybridized carbons (Fsp3) is 0.435. The number of hydrogen-bond donors (Lipinski definition) is 1. The van der Waals surface area contributed by atoms with E-state index >= 15 is 0 Å². The Morgan fingerprint density at radius 3 is 2.23 bits per heavy atom. The predicted octanol–water partition coefficient (Wildman–Crippen LogP) is 3.73. The third-order valence-electron chi connectivity index (χ3n) is 5.17. The van der Waals surface area contributed by atoms with Gasteiger partial charge in [0.05, 0.1) is 27.9 Å². The van der Waals surface area contributed by atoms with E-state index < -0.39 is 0 Å². The highest BCUT2D eigenvalue weighted by molar-refractivity contribution is 14.0. The third kappa shape index (κ3) is 6.09. The molecule has 0 aliphatic carbocycles. The van der Waals surface area contributed by atoms with Crippen molar-refractivity contribution in [2.45, 2.75) is 26.0 Å². The molecule has 1 aliphatic heterocycles. The van der Waals surface area contributed by atoms with Crippen LogP contribution in [-0.2, 0) is 13.0 Å². The van der Waals surface area contributed by atoms with Crippen molar-refractivity contribution in [2.75, 3.05) is 41.5 Å². The number of fused-ring (bicyclic) bond motifs is 1. The second kappa shape index (κ2) is 11.9. The standard InChI is InChI=1S/C23H31N3O4.HI/c1-16(30-20-9-7-6-8-19(20)27-3)14-25-23(24-2)26-11-10-17-12-21(28-4)22(29-5)13-18(17)15-26;/h6-9,12-13,16H,10-11,14-15H2,1-5H3,(H,24,25);1H. The highest BCUT2D eigenvalue weighted by Gasteiger charge is 2.22. The van der Waals surface area contributed by atoms with Crippen molar-refractivity contribution >= 4 is 29.9 Å². The number of aliphatic imine (C=N–C) groups is 1. The smallest absolute Gasteiger partial charge is 0.194 e. The topological polar surface area (TPSA) is 64.6 Å². The number of guanidine groups is 1. The molecule has 7 nitrogen and oxygen atoms in total. The first-order chi connectivity index (χ1) is 14.6. The largest absolute Gasteiger partial charge is 0.493 e. The Bertz CT molecular complexity index is 891. The van der Waals surface area contributed by atoms with Gasteiger partial charge in [-0.25, -0.2) is 0 Å². The Morgan fingerprint density at radius 2 is 1.61 bits per heavy atom. The number of nitrogens with zero attached hydrogens (tertiary/aromatic N) is 2. The van der Waals surface area contributed by atoms with Gasteiger partial charge in [0.25, 0.3) is 0 Å². The van der Waals surface area contributed by atoms with Crippen molar-refractivity contribution in [1.29, 1.82) is 0 Å². The van der Waals surface area contributed by atoms with Crippen LogP contribution in [0.5, 0.6) is 23.0 Å². The predicted molar refractivity (Wildman–Crippen MR) is 134 cm³/mol. The van der Waals surface area contributed by atoms with Gasteiger partial charge in [0.1, 0.15) is 6.10 Å². The average Bonchev–Trinajstić information content (AvgIpc) is 2.78. The van der Waals surface area contributed by atoms with E-state index in [-0.39, 0.29) is 30.1 Å². The van der Waals surface area contributed by atoms with E-state index in [0.717, 1.165) is 48.5 Å². The molecule has 1 unspecified atom stereocenters. The number of halogens is 1. The highest BCUT2D eigenvalue weighted by Crippen LogP contribution is 2.33. The molecule has 1 N–H and O–H groups in total. The zero-order chi connectivity index (χ0) is 21.5. The molecular formula is C23H32IN3O4. The molecule has 0 saturated heterocycles. The molecule has 2 aromatic rings. The Labute approximate surface area is 201 Å². The van der Waals surface area contributed by atoms with E-state index in [4.69, 9.17) is 18.9 Å². The summed E-state index contributed by atoms with van der Waals surface area (Å²) in [6.45, 7) is 4.29. The Balaban J connectivity index is 0.00000341. The van der Waals surface area contributed by atoms with Crippen LogP contribution in [0.1, 0.15) is 18.1 Å². The minimum absolute atomic E-state index is 0. The monoisotopic (exact) mass is 541 g/mol. The van der Waals surface area contributed by atoms with E-state index in [1.54, 1.807) is 28.4 Å². The number of rotatable bonds is 7. The van der Waals surface area contributed by atoms with Gasteiger partial charge in [-0.2, -0.15) is 0 Å². The molecule has 3 rings (SSSR count). The lowest BCUT2D eigenvalue weighted by Gasteiger charge is -2.32. The molecule has 1 aliphatic rings. The maximum absolute atomic E-state index is 6.04. The first kappa shape index (κ1) is 24.9. The van der Waals surface area contributed by atoms with Gasteiger partial charge in [0, 0.05) is 20.1 Å². The summed E-state index contributed by atoms with van der Waals surface area (Å²) in [6.07, 6.45) is 0.864. The van der Waals surface area contributed by atoms with Crippen molar-refractivity contribution < 1.29 is 18.9 Å². The van der Waals surface area contributed by atoms with Crippen LogP contribution in [-0.4, -0.2) is 58.4 Å². The van der Waals surface area contributed by atoms with Crippen LogP contribution >= 0.6 is 24.0 Å². The molecule has 0 amide bonds. The highest BCUT2D eigenvalue weighted by atomic mass is 127. The fourth-order valence-corrected chi connectivity index (χ4v) is 3.61. The summed E-state index contributed by atoms with van der Waals surface area (Å²) in [5.74, 6) is 3.84. The Hall–Kier alpha value is -2.36. The lowest BCUT2D eigenvalue weighted by Crippen LogP contribution is -2.46.